The number of aromatic amines is 1. The Balaban J connectivity index is 0.00000272. The summed E-state index contributed by atoms with van der Waals surface area (Å²) in [6.45, 7) is -1.46. The van der Waals surface area contributed by atoms with Crippen molar-refractivity contribution in [2.45, 2.75) is 36.6 Å². The van der Waals surface area contributed by atoms with Crippen LogP contribution in [0.25, 0.3) is 10.9 Å². The molecule has 1 aliphatic heterocycles. The van der Waals surface area contributed by atoms with Crippen molar-refractivity contribution in [2.75, 3.05) is 19.3 Å². The van der Waals surface area contributed by atoms with Crippen molar-refractivity contribution >= 4 is 37.7 Å². The molecule has 0 saturated carbocycles. The first-order valence-corrected chi connectivity index (χ1v) is 11.0. The fourth-order valence-corrected chi connectivity index (χ4v) is 5.16. The highest BCUT2D eigenvalue weighted by molar-refractivity contribution is 8.93. The van der Waals surface area contributed by atoms with Crippen LogP contribution in [0.4, 0.5) is 0 Å². The SMILES string of the molecule is Br.[2H]C([2H])([2H])N1CCCC1Cc1c[nH]c2ccc(CCS(=O)(=O)c3ccccc3)cc12. The molecule has 0 spiro atoms. The number of benzene rings is 2. The number of likely N-dealkylation sites (tertiary alicyclic amines) is 1. The number of aromatic nitrogens is 1. The lowest BCUT2D eigenvalue weighted by molar-refractivity contribution is 0.310. The normalized spacial score (nSPS) is 19.7. The van der Waals surface area contributed by atoms with Gasteiger partial charge in [-0.2, -0.15) is 0 Å². The van der Waals surface area contributed by atoms with Gasteiger partial charge >= 0.3 is 0 Å². The summed E-state index contributed by atoms with van der Waals surface area (Å²) in [5.41, 5.74) is 3.03. The van der Waals surface area contributed by atoms with E-state index in [1.54, 1.807) is 35.2 Å². The van der Waals surface area contributed by atoms with E-state index in [-0.39, 0.29) is 28.8 Å². The molecule has 1 fully saturated rings. The quantitative estimate of drug-likeness (QED) is 0.586. The number of rotatable bonds is 6. The standard InChI is InChI=1S/C22H26N2O2S.BrH/c1-24-12-5-6-19(24)15-18-16-23-22-10-9-17(14-21(18)22)11-13-27(25,26)20-7-3-2-4-8-20;/h2-4,7-10,14,16,19,23H,5-6,11-13,15H2,1H3;1H/i1D3;. The molecule has 0 amide bonds. The molecule has 1 N–H and O–H groups in total. The van der Waals surface area contributed by atoms with Crippen LogP contribution < -0.4 is 0 Å². The van der Waals surface area contributed by atoms with Crippen molar-refractivity contribution in [3.63, 3.8) is 0 Å². The zero-order valence-corrected chi connectivity index (χ0v) is 18.1. The van der Waals surface area contributed by atoms with Gasteiger partial charge in [-0.25, -0.2) is 8.42 Å². The predicted octanol–water partition coefficient (Wildman–Crippen LogP) is 4.40. The Bertz CT molecular complexity index is 1130. The van der Waals surface area contributed by atoms with Crippen molar-refractivity contribution in [3.8, 4) is 0 Å². The molecule has 1 atom stereocenters. The lowest BCUT2D eigenvalue weighted by Crippen LogP contribution is -2.26. The second-order valence-corrected chi connectivity index (χ2v) is 9.38. The Labute approximate surface area is 181 Å². The number of likely N-dealkylation sites (N-methyl/N-ethyl adjacent to an activating group) is 1. The molecule has 2 heterocycles. The zero-order valence-electron chi connectivity index (χ0n) is 18.6. The lowest BCUT2D eigenvalue weighted by Gasteiger charge is -2.18. The van der Waals surface area contributed by atoms with Crippen molar-refractivity contribution in [3.05, 3.63) is 65.9 Å². The maximum atomic E-state index is 12.6. The summed E-state index contributed by atoms with van der Waals surface area (Å²) in [6, 6.07) is 14.5. The first kappa shape index (κ1) is 17.2. The summed E-state index contributed by atoms with van der Waals surface area (Å²) >= 11 is 0. The van der Waals surface area contributed by atoms with E-state index < -0.39 is 16.8 Å². The van der Waals surface area contributed by atoms with Crippen molar-refractivity contribution < 1.29 is 12.5 Å². The van der Waals surface area contributed by atoms with E-state index >= 15 is 0 Å². The van der Waals surface area contributed by atoms with Crippen LogP contribution >= 0.6 is 17.0 Å². The number of sulfone groups is 1. The first-order valence-electron chi connectivity index (χ1n) is 10.9. The van der Waals surface area contributed by atoms with Gasteiger partial charge in [-0.1, -0.05) is 24.3 Å². The summed E-state index contributed by atoms with van der Waals surface area (Å²) in [6.07, 6.45) is 4.83. The van der Waals surface area contributed by atoms with Gasteiger partial charge in [-0.05, 0) is 74.6 Å². The third-order valence-electron chi connectivity index (χ3n) is 5.43. The largest absolute Gasteiger partial charge is 0.361 e. The van der Waals surface area contributed by atoms with Crippen molar-refractivity contribution in [1.29, 1.82) is 0 Å². The Morgan fingerprint density at radius 1 is 1.21 bits per heavy atom. The van der Waals surface area contributed by atoms with E-state index in [1.165, 1.54) is 0 Å². The van der Waals surface area contributed by atoms with Crippen LogP contribution in [0.2, 0.25) is 0 Å². The van der Waals surface area contributed by atoms with E-state index in [0.29, 0.717) is 24.3 Å². The fraction of sp³-hybridized carbons (Fsp3) is 0.364. The van der Waals surface area contributed by atoms with Crippen LogP contribution in [0, 0.1) is 0 Å². The molecule has 6 heteroatoms. The molecule has 1 aliphatic rings. The van der Waals surface area contributed by atoms with E-state index in [2.05, 4.69) is 4.98 Å². The Morgan fingerprint density at radius 2 is 2.04 bits per heavy atom. The van der Waals surface area contributed by atoms with E-state index in [0.717, 1.165) is 34.9 Å². The summed E-state index contributed by atoms with van der Waals surface area (Å²) in [7, 11) is -3.33. The minimum Gasteiger partial charge on any atom is -0.361 e. The highest BCUT2D eigenvalue weighted by atomic mass is 79.9. The summed E-state index contributed by atoms with van der Waals surface area (Å²) in [4.78, 5) is 5.24. The highest BCUT2D eigenvalue weighted by Gasteiger charge is 2.22. The van der Waals surface area contributed by atoms with Crippen LogP contribution in [0.5, 0.6) is 0 Å². The molecule has 0 radical (unpaired) electrons. The summed E-state index contributed by atoms with van der Waals surface area (Å²) in [5.74, 6) is 0.0533. The van der Waals surface area contributed by atoms with Crippen molar-refractivity contribution in [2.24, 2.45) is 0 Å². The number of halogens is 1. The molecule has 150 valence electrons. The maximum absolute atomic E-state index is 12.6. The molecular formula is C22H27BrN2O2S. The average molecular weight is 466 g/mol. The topological polar surface area (TPSA) is 53.2 Å². The minimum atomic E-state index is -3.33. The third kappa shape index (κ3) is 4.50. The van der Waals surface area contributed by atoms with Crippen LogP contribution in [0.3, 0.4) is 0 Å². The molecule has 0 aliphatic carbocycles. The van der Waals surface area contributed by atoms with Gasteiger partial charge in [-0.3, -0.25) is 0 Å². The Hall–Kier alpha value is -1.63. The van der Waals surface area contributed by atoms with Gasteiger partial charge in [0.25, 0.3) is 0 Å². The van der Waals surface area contributed by atoms with Gasteiger partial charge in [0.05, 0.1) is 10.6 Å². The molecule has 1 unspecified atom stereocenters. The smallest absolute Gasteiger partial charge is 0.178 e. The first-order chi connectivity index (χ1) is 14.2. The van der Waals surface area contributed by atoms with Gasteiger partial charge < -0.3 is 9.88 Å². The third-order valence-corrected chi connectivity index (χ3v) is 7.16. The van der Waals surface area contributed by atoms with Gasteiger partial charge in [-0.15, -0.1) is 17.0 Å². The number of nitrogens with zero attached hydrogens (tertiary/aromatic N) is 1. The second kappa shape index (κ2) is 8.80. The fourth-order valence-electron chi connectivity index (χ4n) is 3.85. The molecule has 3 aromatic rings. The van der Waals surface area contributed by atoms with E-state index in [4.69, 9.17) is 4.11 Å². The van der Waals surface area contributed by atoms with E-state index in [9.17, 15) is 8.42 Å². The predicted molar refractivity (Wildman–Crippen MR) is 120 cm³/mol. The molecule has 1 aromatic heterocycles. The number of aryl methyl sites for hydroxylation is 1. The van der Waals surface area contributed by atoms with Gasteiger partial charge in [0.2, 0.25) is 0 Å². The van der Waals surface area contributed by atoms with Crippen LogP contribution in [-0.4, -0.2) is 43.6 Å². The molecule has 1 saturated heterocycles. The number of hydrogen-bond acceptors (Lipinski definition) is 3. The van der Waals surface area contributed by atoms with E-state index in [1.807, 2.05) is 24.4 Å². The molecule has 4 rings (SSSR count). The van der Waals surface area contributed by atoms with Gasteiger partial charge in [0.15, 0.2) is 9.84 Å². The highest BCUT2D eigenvalue weighted by Crippen LogP contribution is 2.26. The number of fused-ring (bicyclic) bond motifs is 1. The summed E-state index contributed by atoms with van der Waals surface area (Å²) in [5, 5.41) is 1.04. The molecule has 0 bridgehead atoms. The molecule has 28 heavy (non-hydrogen) atoms. The Morgan fingerprint density at radius 3 is 2.82 bits per heavy atom. The molecule has 2 aromatic carbocycles. The number of H-pyrrole nitrogens is 1. The van der Waals surface area contributed by atoms with Crippen LogP contribution in [0.15, 0.2) is 59.6 Å². The molecular weight excluding hydrogens is 436 g/mol. The minimum absolute atomic E-state index is 0. The van der Waals surface area contributed by atoms with Gasteiger partial charge in [0.1, 0.15) is 0 Å². The van der Waals surface area contributed by atoms with Crippen LogP contribution in [0.1, 0.15) is 28.1 Å². The van der Waals surface area contributed by atoms with Crippen LogP contribution in [-0.2, 0) is 22.7 Å². The monoisotopic (exact) mass is 465 g/mol. The van der Waals surface area contributed by atoms with Crippen molar-refractivity contribution in [1.82, 2.24) is 9.88 Å². The zero-order chi connectivity index (χ0) is 21.4. The number of nitrogens with one attached hydrogen (secondary N) is 1. The second-order valence-electron chi connectivity index (χ2n) is 7.27. The van der Waals surface area contributed by atoms with Gasteiger partial charge in [0, 0.05) is 27.3 Å². The average Bonchev–Trinajstić information content (AvgIpc) is 3.34. The molecule has 4 nitrogen and oxygen atoms in total. The maximum Gasteiger partial charge on any atom is 0.178 e. The Kier molecular flexibility index (Phi) is 5.42. The summed E-state index contributed by atoms with van der Waals surface area (Å²) < 4.78 is 48.5. The number of hydrogen-bond donors (Lipinski definition) is 1. The lowest BCUT2D eigenvalue weighted by atomic mass is 10.0.